The van der Waals surface area contributed by atoms with Crippen LogP contribution in [0.1, 0.15) is 29.3 Å². The Morgan fingerprint density at radius 3 is 2.53 bits per heavy atom. The minimum absolute atomic E-state index is 0.413. The van der Waals surface area contributed by atoms with E-state index in [0.29, 0.717) is 6.04 Å². The fraction of sp³-hybridized carbons (Fsp3) is 0.235. The van der Waals surface area contributed by atoms with Gasteiger partial charge in [-0.15, -0.1) is 0 Å². The van der Waals surface area contributed by atoms with Crippen LogP contribution in [-0.2, 0) is 6.42 Å². The number of aldehydes is 1. The SMILES string of the molecule is CC1CCc2ccccc2N1c1ccccc1C=O. The molecule has 0 spiro atoms. The van der Waals surface area contributed by atoms with Gasteiger partial charge in [0.25, 0.3) is 0 Å². The molecule has 1 unspecified atom stereocenters. The lowest BCUT2D eigenvalue weighted by Crippen LogP contribution is -2.33. The van der Waals surface area contributed by atoms with Crippen LogP contribution in [0.15, 0.2) is 48.5 Å². The highest BCUT2D eigenvalue weighted by atomic mass is 16.1. The third kappa shape index (κ3) is 2.03. The summed E-state index contributed by atoms with van der Waals surface area (Å²) in [6, 6.07) is 16.7. The smallest absolute Gasteiger partial charge is 0.152 e. The Labute approximate surface area is 113 Å². The van der Waals surface area contributed by atoms with Gasteiger partial charge in [-0.2, -0.15) is 0 Å². The molecule has 96 valence electrons. The standard InChI is InChI=1S/C17H17NO/c1-13-10-11-14-6-2-4-8-16(14)18(13)17-9-5-3-7-15(17)12-19/h2-9,12-13H,10-11H2,1H3. The van der Waals surface area contributed by atoms with E-state index in [1.165, 1.54) is 11.3 Å². The minimum Gasteiger partial charge on any atom is -0.338 e. The van der Waals surface area contributed by atoms with Gasteiger partial charge in [0.2, 0.25) is 0 Å². The van der Waals surface area contributed by atoms with Gasteiger partial charge in [0.15, 0.2) is 6.29 Å². The van der Waals surface area contributed by atoms with Crippen molar-refractivity contribution in [1.82, 2.24) is 0 Å². The van der Waals surface area contributed by atoms with E-state index in [9.17, 15) is 4.79 Å². The fourth-order valence-electron chi connectivity index (χ4n) is 2.86. The summed E-state index contributed by atoms with van der Waals surface area (Å²) in [5, 5.41) is 0. The molecule has 19 heavy (non-hydrogen) atoms. The number of rotatable bonds is 2. The maximum atomic E-state index is 11.3. The number of para-hydroxylation sites is 2. The second-order valence-corrected chi connectivity index (χ2v) is 5.06. The summed E-state index contributed by atoms with van der Waals surface area (Å²) in [7, 11) is 0. The van der Waals surface area contributed by atoms with Crippen molar-refractivity contribution in [2.45, 2.75) is 25.8 Å². The summed E-state index contributed by atoms with van der Waals surface area (Å²) in [5.74, 6) is 0. The number of carbonyl (C=O) groups is 1. The Hall–Kier alpha value is -2.09. The molecule has 1 aliphatic rings. The van der Waals surface area contributed by atoms with E-state index >= 15 is 0 Å². The van der Waals surface area contributed by atoms with Gasteiger partial charge in [-0.25, -0.2) is 0 Å². The van der Waals surface area contributed by atoms with Crippen molar-refractivity contribution in [1.29, 1.82) is 0 Å². The molecule has 0 aromatic heterocycles. The van der Waals surface area contributed by atoms with Crippen LogP contribution in [0.5, 0.6) is 0 Å². The molecule has 0 saturated carbocycles. The lowest BCUT2D eigenvalue weighted by atomic mass is 9.95. The van der Waals surface area contributed by atoms with Crippen LogP contribution < -0.4 is 4.90 Å². The van der Waals surface area contributed by atoms with E-state index in [-0.39, 0.29) is 0 Å². The van der Waals surface area contributed by atoms with E-state index in [0.717, 1.165) is 30.4 Å². The molecular weight excluding hydrogens is 234 g/mol. The quantitative estimate of drug-likeness (QED) is 0.753. The Bertz CT molecular complexity index is 606. The van der Waals surface area contributed by atoms with Crippen molar-refractivity contribution in [2.75, 3.05) is 4.90 Å². The molecule has 2 aromatic carbocycles. The highest BCUT2D eigenvalue weighted by Crippen LogP contribution is 2.37. The largest absolute Gasteiger partial charge is 0.338 e. The van der Waals surface area contributed by atoms with E-state index in [2.05, 4.69) is 36.1 Å². The maximum absolute atomic E-state index is 11.3. The van der Waals surface area contributed by atoms with Crippen LogP contribution in [0.2, 0.25) is 0 Å². The van der Waals surface area contributed by atoms with E-state index in [1.54, 1.807) is 0 Å². The first-order chi connectivity index (χ1) is 9.31. The molecule has 2 heteroatoms. The number of anilines is 2. The molecule has 0 fully saturated rings. The summed E-state index contributed by atoms with van der Waals surface area (Å²) < 4.78 is 0. The fourth-order valence-corrected chi connectivity index (χ4v) is 2.86. The zero-order valence-corrected chi connectivity index (χ0v) is 11.0. The average Bonchev–Trinajstić information content (AvgIpc) is 2.47. The number of benzene rings is 2. The molecule has 2 aromatic rings. The van der Waals surface area contributed by atoms with Gasteiger partial charge in [0, 0.05) is 17.3 Å². The topological polar surface area (TPSA) is 20.3 Å². The van der Waals surface area contributed by atoms with Crippen molar-refractivity contribution >= 4 is 17.7 Å². The van der Waals surface area contributed by atoms with Gasteiger partial charge >= 0.3 is 0 Å². The van der Waals surface area contributed by atoms with Gasteiger partial charge in [-0.3, -0.25) is 4.79 Å². The summed E-state index contributed by atoms with van der Waals surface area (Å²) in [5.41, 5.74) is 4.36. The zero-order valence-electron chi connectivity index (χ0n) is 11.0. The number of hydrogen-bond donors (Lipinski definition) is 0. The predicted molar refractivity (Wildman–Crippen MR) is 78.2 cm³/mol. The summed E-state index contributed by atoms with van der Waals surface area (Å²) >= 11 is 0. The molecule has 0 radical (unpaired) electrons. The first-order valence-electron chi connectivity index (χ1n) is 6.72. The molecule has 2 nitrogen and oxygen atoms in total. The summed E-state index contributed by atoms with van der Waals surface area (Å²) in [6.45, 7) is 2.22. The van der Waals surface area contributed by atoms with Gasteiger partial charge in [-0.1, -0.05) is 30.3 Å². The Morgan fingerprint density at radius 1 is 1.05 bits per heavy atom. The molecule has 0 amide bonds. The van der Waals surface area contributed by atoms with Crippen LogP contribution in [0.3, 0.4) is 0 Å². The normalized spacial score (nSPS) is 17.9. The maximum Gasteiger partial charge on any atom is 0.152 e. The first-order valence-corrected chi connectivity index (χ1v) is 6.72. The molecular formula is C17H17NO. The molecule has 0 saturated heterocycles. The molecule has 1 atom stereocenters. The Morgan fingerprint density at radius 2 is 1.74 bits per heavy atom. The van der Waals surface area contributed by atoms with Crippen LogP contribution in [-0.4, -0.2) is 12.3 Å². The number of nitrogens with zero attached hydrogens (tertiary/aromatic N) is 1. The van der Waals surface area contributed by atoms with Crippen LogP contribution in [0.25, 0.3) is 0 Å². The molecule has 1 heterocycles. The van der Waals surface area contributed by atoms with E-state index in [4.69, 9.17) is 0 Å². The summed E-state index contributed by atoms with van der Waals surface area (Å²) in [4.78, 5) is 13.6. The second kappa shape index (κ2) is 4.88. The van der Waals surface area contributed by atoms with E-state index in [1.807, 2.05) is 24.3 Å². The van der Waals surface area contributed by atoms with Crippen molar-refractivity contribution in [3.05, 3.63) is 59.7 Å². The number of fused-ring (bicyclic) bond motifs is 1. The van der Waals surface area contributed by atoms with Gasteiger partial charge in [0.05, 0.1) is 5.69 Å². The Balaban J connectivity index is 2.16. The van der Waals surface area contributed by atoms with Crippen LogP contribution in [0, 0.1) is 0 Å². The van der Waals surface area contributed by atoms with Crippen molar-refractivity contribution in [3.63, 3.8) is 0 Å². The molecule has 3 rings (SSSR count). The van der Waals surface area contributed by atoms with E-state index < -0.39 is 0 Å². The van der Waals surface area contributed by atoms with Crippen LogP contribution in [0.4, 0.5) is 11.4 Å². The molecule has 0 bridgehead atoms. The number of hydrogen-bond acceptors (Lipinski definition) is 2. The van der Waals surface area contributed by atoms with Crippen molar-refractivity contribution in [3.8, 4) is 0 Å². The third-order valence-electron chi connectivity index (χ3n) is 3.85. The minimum atomic E-state index is 0.413. The molecule has 0 aliphatic carbocycles. The highest BCUT2D eigenvalue weighted by molar-refractivity contribution is 5.87. The monoisotopic (exact) mass is 251 g/mol. The third-order valence-corrected chi connectivity index (χ3v) is 3.85. The van der Waals surface area contributed by atoms with Crippen molar-refractivity contribution < 1.29 is 4.79 Å². The number of aryl methyl sites for hydroxylation is 1. The first kappa shape index (κ1) is 12.0. The number of carbonyl (C=O) groups excluding carboxylic acids is 1. The van der Waals surface area contributed by atoms with Gasteiger partial charge < -0.3 is 4.90 Å². The Kier molecular flexibility index (Phi) is 3.08. The predicted octanol–water partition coefficient (Wildman–Crippen LogP) is 3.97. The summed E-state index contributed by atoms with van der Waals surface area (Å²) in [6.07, 6.45) is 3.17. The second-order valence-electron chi connectivity index (χ2n) is 5.06. The lowest BCUT2D eigenvalue weighted by Gasteiger charge is -2.37. The van der Waals surface area contributed by atoms with Gasteiger partial charge in [0.1, 0.15) is 0 Å². The van der Waals surface area contributed by atoms with Crippen LogP contribution >= 0.6 is 0 Å². The lowest BCUT2D eigenvalue weighted by molar-refractivity contribution is 0.112. The average molecular weight is 251 g/mol. The highest BCUT2D eigenvalue weighted by Gasteiger charge is 2.25. The zero-order chi connectivity index (χ0) is 13.2. The molecule has 0 N–H and O–H groups in total. The molecule has 1 aliphatic heterocycles. The van der Waals surface area contributed by atoms with Crippen molar-refractivity contribution in [2.24, 2.45) is 0 Å². The van der Waals surface area contributed by atoms with Gasteiger partial charge in [-0.05, 0) is 43.5 Å².